The van der Waals surface area contributed by atoms with Gasteiger partial charge >= 0.3 is 44.2 Å². The Bertz CT molecular complexity index is 48.1. The molecule has 0 bridgehead atoms. The van der Waals surface area contributed by atoms with Gasteiger partial charge in [-0.3, -0.25) is 0 Å². The minimum absolute atomic E-state index is 0.301. The Labute approximate surface area is 44.9 Å². The maximum absolute atomic E-state index is 9.59. The van der Waals surface area contributed by atoms with Crippen molar-refractivity contribution in [1.29, 1.82) is 0 Å². The summed E-state index contributed by atoms with van der Waals surface area (Å²) in [6.45, 7) is 0. The zero-order chi connectivity index (χ0) is 4.99. The Kier molecular flexibility index (Phi) is 3.43. The molecule has 0 fully saturated rings. The average Bonchev–Trinajstić information content (AvgIpc) is 1.65. The molecule has 2 nitrogen and oxygen atoms in total. The van der Waals surface area contributed by atoms with Crippen LogP contribution in [0.1, 0.15) is 0 Å². The van der Waals surface area contributed by atoms with Crippen LogP contribution in [0.3, 0.4) is 0 Å². The van der Waals surface area contributed by atoms with E-state index in [-0.39, 0.29) is 6.04 Å². The molecule has 0 aliphatic heterocycles. The Morgan fingerprint density at radius 2 is 2.50 bits per heavy atom. The van der Waals surface area contributed by atoms with E-state index in [9.17, 15) is 4.79 Å². The molecule has 0 saturated heterocycles. The van der Waals surface area contributed by atoms with E-state index in [1.165, 1.54) is 0 Å². The van der Waals surface area contributed by atoms with Gasteiger partial charge in [0.05, 0.1) is 0 Å². The summed E-state index contributed by atoms with van der Waals surface area (Å²) < 4.78 is 0. The number of nitrogens with two attached hydrogens (primary N) is 1. The number of carbonyl (C=O) groups excluding carboxylic acids is 1. The van der Waals surface area contributed by atoms with Gasteiger partial charge in [-0.15, -0.1) is 0 Å². The molecule has 35 valence electrons. The molecule has 1 atom stereocenters. The first-order valence-electron chi connectivity index (χ1n) is 1.60. The molecule has 0 heterocycles. The van der Waals surface area contributed by atoms with E-state index in [0.29, 0.717) is 5.32 Å². The minimum atomic E-state index is -0.301. The molecular formula is C3H6NOSe. The van der Waals surface area contributed by atoms with E-state index in [0.717, 1.165) is 6.29 Å². The van der Waals surface area contributed by atoms with Crippen LogP contribution in [-0.4, -0.2) is 28.3 Å². The summed E-state index contributed by atoms with van der Waals surface area (Å²) in [6.07, 6.45) is 0.719. The van der Waals surface area contributed by atoms with Gasteiger partial charge in [-0.1, -0.05) is 0 Å². The molecule has 0 rings (SSSR count). The molecule has 0 aliphatic rings. The van der Waals surface area contributed by atoms with Crippen molar-refractivity contribution in [1.82, 2.24) is 0 Å². The Hall–Kier alpha value is 0.149. The molecule has 0 unspecified atom stereocenters. The van der Waals surface area contributed by atoms with Gasteiger partial charge in [0.2, 0.25) is 0 Å². The fraction of sp³-hybridized carbons (Fsp3) is 0.667. The summed E-state index contributed by atoms with van der Waals surface area (Å²) >= 11 is 2.64. The zero-order valence-electron chi connectivity index (χ0n) is 3.26. The van der Waals surface area contributed by atoms with Crippen LogP contribution in [0.15, 0.2) is 0 Å². The SMILES string of the molecule is N[C@H](C=O)C[Se]. The molecule has 0 saturated carbocycles. The second-order valence-electron chi connectivity index (χ2n) is 0.967. The third-order valence-electron chi connectivity index (χ3n) is 0.367. The summed E-state index contributed by atoms with van der Waals surface area (Å²) in [5.41, 5.74) is 5.07. The molecule has 2 N–H and O–H groups in total. The van der Waals surface area contributed by atoms with E-state index in [1.807, 2.05) is 0 Å². The first kappa shape index (κ1) is 6.15. The van der Waals surface area contributed by atoms with Gasteiger partial charge in [0.25, 0.3) is 0 Å². The molecule has 0 aromatic heterocycles. The van der Waals surface area contributed by atoms with Crippen LogP contribution in [0.2, 0.25) is 5.32 Å². The number of hydrogen-bond acceptors (Lipinski definition) is 2. The number of carbonyl (C=O) groups is 1. The Morgan fingerprint density at radius 3 is 2.50 bits per heavy atom. The number of aldehydes is 1. The van der Waals surface area contributed by atoms with E-state index in [2.05, 4.69) is 16.0 Å². The second kappa shape index (κ2) is 3.34. The van der Waals surface area contributed by atoms with Gasteiger partial charge in [0.15, 0.2) is 0 Å². The van der Waals surface area contributed by atoms with Crippen molar-refractivity contribution in [3.63, 3.8) is 0 Å². The topological polar surface area (TPSA) is 43.1 Å². The van der Waals surface area contributed by atoms with Gasteiger partial charge in [0, 0.05) is 0 Å². The van der Waals surface area contributed by atoms with Crippen molar-refractivity contribution in [2.45, 2.75) is 11.4 Å². The second-order valence-corrected chi connectivity index (χ2v) is 1.67. The van der Waals surface area contributed by atoms with Crippen molar-refractivity contribution < 1.29 is 4.79 Å². The third kappa shape index (κ3) is 2.39. The molecule has 3 heteroatoms. The molecule has 6 heavy (non-hydrogen) atoms. The van der Waals surface area contributed by atoms with Crippen LogP contribution < -0.4 is 5.73 Å². The van der Waals surface area contributed by atoms with Gasteiger partial charge in [-0.05, 0) is 0 Å². The van der Waals surface area contributed by atoms with E-state index in [4.69, 9.17) is 5.73 Å². The predicted octanol–water partition coefficient (Wildman–Crippen LogP) is -0.901. The molecule has 0 aromatic carbocycles. The van der Waals surface area contributed by atoms with Crippen LogP contribution in [0, 0.1) is 0 Å². The summed E-state index contributed by atoms with van der Waals surface area (Å²) in [7, 11) is 0. The normalized spacial score (nSPS) is 13.7. The van der Waals surface area contributed by atoms with E-state index < -0.39 is 0 Å². The fourth-order valence-electron chi connectivity index (χ4n) is 0.0393. The Morgan fingerprint density at radius 1 is 2.00 bits per heavy atom. The van der Waals surface area contributed by atoms with Crippen molar-refractivity contribution in [3.05, 3.63) is 0 Å². The zero-order valence-corrected chi connectivity index (χ0v) is 4.97. The van der Waals surface area contributed by atoms with Crippen LogP contribution in [-0.2, 0) is 4.79 Å². The van der Waals surface area contributed by atoms with Gasteiger partial charge in [-0.2, -0.15) is 0 Å². The summed E-state index contributed by atoms with van der Waals surface area (Å²) in [6, 6.07) is -0.301. The van der Waals surface area contributed by atoms with Crippen LogP contribution in [0.4, 0.5) is 0 Å². The first-order chi connectivity index (χ1) is 2.81. The molecule has 1 radical (unpaired) electrons. The maximum atomic E-state index is 9.59. The van der Waals surface area contributed by atoms with Crippen LogP contribution in [0.25, 0.3) is 0 Å². The van der Waals surface area contributed by atoms with Gasteiger partial charge in [0.1, 0.15) is 0 Å². The third-order valence-corrected chi connectivity index (χ3v) is 1.17. The standard InChI is InChI=1S/C3H6NOSe/c4-3(1-5)2-6/h1,3H,2,4H2/t3-/m1/s1. The molecule has 0 aromatic rings. The van der Waals surface area contributed by atoms with Crippen molar-refractivity contribution in [2.75, 3.05) is 0 Å². The average molecular weight is 151 g/mol. The van der Waals surface area contributed by atoms with Crippen LogP contribution in [0.5, 0.6) is 0 Å². The summed E-state index contributed by atoms with van der Waals surface area (Å²) in [5.74, 6) is 0. The molecule has 0 aliphatic carbocycles. The summed E-state index contributed by atoms with van der Waals surface area (Å²) in [4.78, 5) is 9.59. The predicted molar refractivity (Wildman–Crippen MR) is 24.6 cm³/mol. The van der Waals surface area contributed by atoms with Crippen LogP contribution >= 0.6 is 0 Å². The quantitative estimate of drug-likeness (QED) is 0.410. The molecule has 0 amide bonds. The summed E-state index contributed by atoms with van der Waals surface area (Å²) in [5, 5.41) is 0.615. The van der Waals surface area contributed by atoms with Crippen molar-refractivity contribution >= 4 is 22.3 Å². The van der Waals surface area contributed by atoms with E-state index >= 15 is 0 Å². The van der Waals surface area contributed by atoms with Gasteiger partial charge < -0.3 is 0 Å². The van der Waals surface area contributed by atoms with Crippen molar-refractivity contribution in [2.24, 2.45) is 5.73 Å². The fourth-order valence-corrected chi connectivity index (χ4v) is 0.204. The van der Waals surface area contributed by atoms with Gasteiger partial charge in [-0.25, -0.2) is 0 Å². The van der Waals surface area contributed by atoms with E-state index in [1.54, 1.807) is 0 Å². The van der Waals surface area contributed by atoms with Crippen molar-refractivity contribution in [3.8, 4) is 0 Å². The number of rotatable bonds is 2. The molecular weight excluding hydrogens is 145 g/mol. The molecule has 0 spiro atoms. The number of hydrogen-bond donors (Lipinski definition) is 1. The Balaban J connectivity index is 2.96. The first-order valence-corrected chi connectivity index (χ1v) is 2.81. The monoisotopic (exact) mass is 152 g/mol.